The van der Waals surface area contributed by atoms with Crippen molar-refractivity contribution in [1.82, 2.24) is 14.9 Å². The number of rotatable bonds is 6. The number of aromatic nitrogens is 2. The minimum atomic E-state index is -0.958. The van der Waals surface area contributed by atoms with Crippen LogP contribution < -0.4 is 11.1 Å². The highest BCUT2D eigenvalue weighted by molar-refractivity contribution is 7.17. The molecule has 0 aliphatic carbocycles. The van der Waals surface area contributed by atoms with E-state index in [2.05, 4.69) is 26.3 Å². The van der Waals surface area contributed by atoms with E-state index in [-0.39, 0.29) is 5.91 Å². The molecular weight excluding hydrogens is 473 g/mol. The third-order valence-electron chi connectivity index (χ3n) is 6.31. The van der Waals surface area contributed by atoms with Crippen LogP contribution in [0.5, 0.6) is 0 Å². The fraction of sp³-hybridized carbons (Fsp3) is 0.250. The van der Waals surface area contributed by atoms with Crippen molar-refractivity contribution in [3.05, 3.63) is 89.3 Å². The molecule has 5 rings (SSSR count). The Morgan fingerprint density at radius 1 is 1.08 bits per heavy atom. The lowest BCUT2D eigenvalue weighted by Crippen LogP contribution is -2.49. The van der Waals surface area contributed by atoms with E-state index in [4.69, 9.17) is 5.73 Å². The van der Waals surface area contributed by atoms with Crippen molar-refractivity contribution in [2.75, 3.05) is 18.4 Å². The molecule has 1 aliphatic rings. The molecular formula is C28H28FN5OS. The zero-order valence-electron chi connectivity index (χ0n) is 20.0. The van der Waals surface area contributed by atoms with Crippen LogP contribution in [0.15, 0.2) is 73.1 Å². The number of likely N-dealkylation sites (tertiary alicyclic amines) is 1. The molecule has 3 N–H and O–H groups in total. The number of hydrogen-bond donors (Lipinski definition) is 2. The number of thiazole rings is 1. The first-order valence-corrected chi connectivity index (χ1v) is 12.8. The summed E-state index contributed by atoms with van der Waals surface area (Å²) in [6.45, 7) is 3.71. The highest BCUT2D eigenvalue weighted by atomic mass is 32.1. The van der Waals surface area contributed by atoms with Gasteiger partial charge >= 0.3 is 0 Å². The van der Waals surface area contributed by atoms with Crippen LogP contribution >= 0.6 is 11.3 Å². The smallest absolute Gasteiger partial charge is 0.284 e. The van der Waals surface area contributed by atoms with Crippen molar-refractivity contribution >= 4 is 22.9 Å². The predicted molar refractivity (Wildman–Crippen MR) is 143 cm³/mol. The number of alkyl halides is 1. The van der Waals surface area contributed by atoms with Crippen LogP contribution in [-0.2, 0) is 6.54 Å². The zero-order chi connectivity index (χ0) is 25.1. The largest absolute Gasteiger partial charge is 0.324 e. The van der Waals surface area contributed by atoms with Crippen LogP contribution in [0.1, 0.15) is 27.5 Å². The Bertz CT molecular complexity index is 1340. The SMILES string of the molecule is Cc1ccc(-c2cc(CN3CC[C@@H](F)[C@H](N)C3)cc(NC(=O)c3ncc(-c4ccccc4)s3)c2)cn1. The summed E-state index contributed by atoms with van der Waals surface area (Å²) in [6, 6.07) is 19.4. The summed E-state index contributed by atoms with van der Waals surface area (Å²) in [4.78, 5) is 25.0. The molecule has 2 aromatic heterocycles. The number of carbonyl (C=O) groups excluding carboxylic acids is 1. The van der Waals surface area contributed by atoms with Gasteiger partial charge in [-0.2, -0.15) is 0 Å². The molecule has 0 bridgehead atoms. The van der Waals surface area contributed by atoms with Gasteiger partial charge in [0.1, 0.15) is 6.17 Å². The molecule has 1 fully saturated rings. The number of nitrogens with one attached hydrogen (secondary N) is 1. The average molecular weight is 502 g/mol. The van der Waals surface area contributed by atoms with E-state index in [0.717, 1.165) is 32.8 Å². The number of amides is 1. The molecule has 1 aliphatic heterocycles. The predicted octanol–water partition coefficient (Wildman–Crippen LogP) is 5.30. The number of halogens is 1. The second kappa shape index (κ2) is 10.7. The first-order chi connectivity index (χ1) is 17.4. The lowest BCUT2D eigenvalue weighted by atomic mass is 10.0. The number of benzene rings is 2. The van der Waals surface area contributed by atoms with Crippen LogP contribution in [-0.4, -0.2) is 46.1 Å². The molecule has 0 radical (unpaired) electrons. The van der Waals surface area contributed by atoms with E-state index in [9.17, 15) is 9.18 Å². The number of pyridine rings is 1. The Balaban J connectivity index is 1.40. The fourth-order valence-corrected chi connectivity index (χ4v) is 5.20. The zero-order valence-corrected chi connectivity index (χ0v) is 20.8. The maximum atomic E-state index is 13.9. The number of aryl methyl sites for hydroxylation is 1. The molecule has 0 unspecified atom stereocenters. The normalized spacial score (nSPS) is 18.2. The van der Waals surface area contributed by atoms with Crippen molar-refractivity contribution in [2.45, 2.75) is 32.1 Å². The summed E-state index contributed by atoms with van der Waals surface area (Å²) in [5, 5.41) is 3.42. The molecule has 2 aromatic carbocycles. The first-order valence-electron chi connectivity index (χ1n) is 12.0. The van der Waals surface area contributed by atoms with Gasteiger partial charge in [0.15, 0.2) is 5.01 Å². The molecule has 184 valence electrons. The van der Waals surface area contributed by atoms with Gasteiger partial charge in [-0.1, -0.05) is 36.4 Å². The van der Waals surface area contributed by atoms with Gasteiger partial charge in [0.25, 0.3) is 5.91 Å². The number of piperidine rings is 1. The number of nitrogens with two attached hydrogens (primary N) is 1. The van der Waals surface area contributed by atoms with E-state index in [1.807, 2.05) is 67.7 Å². The Morgan fingerprint density at radius 2 is 1.92 bits per heavy atom. The Hall–Kier alpha value is -3.46. The topological polar surface area (TPSA) is 84.1 Å². The summed E-state index contributed by atoms with van der Waals surface area (Å²) in [6.07, 6.45) is 3.03. The molecule has 3 heterocycles. The van der Waals surface area contributed by atoms with E-state index < -0.39 is 12.2 Å². The average Bonchev–Trinajstić information content (AvgIpc) is 3.38. The second-order valence-electron chi connectivity index (χ2n) is 9.16. The summed E-state index contributed by atoms with van der Waals surface area (Å²) >= 11 is 1.36. The van der Waals surface area contributed by atoms with Gasteiger partial charge in [0.2, 0.25) is 0 Å². The molecule has 0 spiro atoms. The molecule has 4 aromatic rings. The summed E-state index contributed by atoms with van der Waals surface area (Å²) < 4.78 is 13.9. The fourth-order valence-electron chi connectivity index (χ4n) is 4.39. The molecule has 2 atom stereocenters. The second-order valence-corrected chi connectivity index (χ2v) is 10.2. The molecule has 0 saturated carbocycles. The van der Waals surface area contributed by atoms with Gasteiger partial charge in [-0.15, -0.1) is 11.3 Å². The molecule has 1 saturated heterocycles. The number of carbonyl (C=O) groups is 1. The van der Waals surface area contributed by atoms with Gasteiger partial charge in [-0.05, 0) is 54.3 Å². The molecule has 36 heavy (non-hydrogen) atoms. The van der Waals surface area contributed by atoms with E-state index >= 15 is 0 Å². The van der Waals surface area contributed by atoms with Crippen LogP contribution in [0.3, 0.4) is 0 Å². The first kappa shape index (κ1) is 24.2. The van der Waals surface area contributed by atoms with Crippen molar-refractivity contribution in [3.63, 3.8) is 0 Å². The lowest BCUT2D eigenvalue weighted by molar-refractivity contribution is 0.102. The van der Waals surface area contributed by atoms with E-state index in [1.54, 1.807) is 6.20 Å². The lowest BCUT2D eigenvalue weighted by Gasteiger charge is -2.33. The third kappa shape index (κ3) is 5.67. The van der Waals surface area contributed by atoms with Gasteiger partial charge in [-0.3, -0.25) is 14.7 Å². The minimum Gasteiger partial charge on any atom is -0.324 e. The Labute approximate surface area is 214 Å². The van der Waals surface area contributed by atoms with Gasteiger partial charge in [-0.25, -0.2) is 9.37 Å². The summed E-state index contributed by atoms with van der Waals surface area (Å²) in [5.74, 6) is -0.257. The summed E-state index contributed by atoms with van der Waals surface area (Å²) in [5.41, 5.74) is 11.5. The summed E-state index contributed by atoms with van der Waals surface area (Å²) in [7, 11) is 0. The highest BCUT2D eigenvalue weighted by Crippen LogP contribution is 2.29. The minimum absolute atomic E-state index is 0.257. The van der Waals surface area contributed by atoms with Gasteiger partial charge in [0.05, 0.1) is 4.88 Å². The van der Waals surface area contributed by atoms with Crippen molar-refractivity contribution in [3.8, 4) is 21.6 Å². The maximum absolute atomic E-state index is 13.9. The van der Waals surface area contributed by atoms with Gasteiger partial charge in [0, 0.05) is 55.0 Å². The Kier molecular flexibility index (Phi) is 7.18. The monoisotopic (exact) mass is 501 g/mol. The van der Waals surface area contributed by atoms with Crippen LogP contribution in [0, 0.1) is 6.92 Å². The molecule has 6 nitrogen and oxygen atoms in total. The van der Waals surface area contributed by atoms with Crippen molar-refractivity contribution < 1.29 is 9.18 Å². The number of nitrogens with zero attached hydrogens (tertiary/aromatic N) is 3. The van der Waals surface area contributed by atoms with E-state index in [0.29, 0.717) is 36.8 Å². The standard InChI is InChI=1S/C28H28FN5OS/c1-18-7-8-21(14-31-18)22-11-19(16-34-10-9-24(29)25(30)17-34)12-23(13-22)33-27(35)28-32-15-26(36-28)20-5-3-2-4-6-20/h2-8,11-15,24-25H,9-10,16-17,30H2,1H3,(H,33,35)/t24-,25-/m1/s1. The molecule has 8 heteroatoms. The van der Waals surface area contributed by atoms with Gasteiger partial charge < -0.3 is 11.1 Å². The number of hydrogen-bond acceptors (Lipinski definition) is 6. The van der Waals surface area contributed by atoms with Crippen molar-refractivity contribution in [2.24, 2.45) is 5.73 Å². The highest BCUT2D eigenvalue weighted by Gasteiger charge is 2.26. The molecule has 1 amide bonds. The van der Waals surface area contributed by atoms with Crippen LogP contribution in [0.2, 0.25) is 0 Å². The maximum Gasteiger partial charge on any atom is 0.284 e. The quantitative estimate of drug-likeness (QED) is 0.374. The van der Waals surface area contributed by atoms with Crippen molar-refractivity contribution in [1.29, 1.82) is 0 Å². The Morgan fingerprint density at radius 3 is 2.67 bits per heavy atom. The van der Waals surface area contributed by atoms with Crippen LogP contribution in [0.25, 0.3) is 21.6 Å². The number of anilines is 1. The third-order valence-corrected chi connectivity index (χ3v) is 7.36. The van der Waals surface area contributed by atoms with Crippen LogP contribution in [0.4, 0.5) is 10.1 Å². The van der Waals surface area contributed by atoms with E-state index in [1.165, 1.54) is 11.3 Å².